The number of para-hydroxylation sites is 1. The van der Waals surface area contributed by atoms with Crippen LogP contribution in [0.5, 0.6) is 0 Å². The van der Waals surface area contributed by atoms with Crippen LogP contribution < -0.4 is 11.1 Å². The fraction of sp³-hybridized carbons (Fsp3) is 0. The summed E-state index contributed by atoms with van der Waals surface area (Å²) in [5, 5.41) is 4.25. The number of nitrogen functional groups attached to an aromatic ring is 1. The van der Waals surface area contributed by atoms with Gasteiger partial charge in [-0.15, -0.1) is 0 Å². The number of hydrogen-bond acceptors (Lipinski definition) is 3. The van der Waals surface area contributed by atoms with Crippen molar-refractivity contribution in [3.8, 4) is 0 Å². The Hall–Kier alpha value is -2.59. The van der Waals surface area contributed by atoms with Crippen molar-refractivity contribution in [2.75, 3.05) is 11.1 Å². The van der Waals surface area contributed by atoms with E-state index in [0.29, 0.717) is 22.0 Å². The van der Waals surface area contributed by atoms with Crippen molar-refractivity contribution >= 4 is 39.8 Å². The molecule has 0 saturated heterocycles. The van der Waals surface area contributed by atoms with Crippen LogP contribution in [0.1, 0.15) is 10.4 Å². The topological polar surface area (TPSA) is 68.0 Å². The van der Waals surface area contributed by atoms with Crippen molar-refractivity contribution in [3.05, 3.63) is 65.3 Å². The van der Waals surface area contributed by atoms with E-state index >= 15 is 0 Å². The molecule has 1 amide bonds. The van der Waals surface area contributed by atoms with Crippen LogP contribution in [-0.4, -0.2) is 10.9 Å². The summed E-state index contributed by atoms with van der Waals surface area (Å²) in [6, 6.07) is 14.2. The Bertz CT molecular complexity index is 827. The third-order valence-corrected chi connectivity index (χ3v) is 3.38. The maximum absolute atomic E-state index is 12.4. The van der Waals surface area contributed by atoms with E-state index in [1.807, 2.05) is 24.3 Å². The van der Waals surface area contributed by atoms with E-state index in [4.69, 9.17) is 17.3 Å². The summed E-state index contributed by atoms with van der Waals surface area (Å²) in [5.41, 5.74) is 7.91. The molecule has 0 bridgehead atoms. The fourth-order valence-corrected chi connectivity index (χ4v) is 2.29. The number of pyridine rings is 1. The van der Waals surface area contributed by atoms with E-state index in [9.17, 15) is 4.79 Å². The van der Waals surface area contributed by atoms with Gasteiger partial charge < -0.3 is 11.1 Å². The molecule has 1 aromatic heterocycles. The molecule has 0 aliphatic heterocycles. The number of halogens is 1. The Kier molecular flexibility index (Phi) is 3.46. The fourth-order valence-electron chi connectivity index (χ4n) is 2.12. The summed E-state index contributed by atoms with van der Waals surface area (Å²) in [4.78, 5) is 16.6. The van der Waals surface area contributed by atoms with Gasteiger partial charge in [0.2, 0.25) is 0 Å². The minimum Gasteiger partial charge on any atom is -0.398 e. The van der Waals surface area contributed by atoms with Crippen LogP contribution in [0.15, 0.2) is 54.7 Å². The lowest BCUT2D eigenvalue weighted by atomic mass is 10.1. The highest BCUT2D eigenvalue weighted by atomic mass is 35.5. The van der Waals surface area contributed by atoms with E-state index in [1.54, 1.807) is 30.5 Å². The summed E-state index contributed by atoms with van der Waals surface area (Å²) in [5.74, 6) is -0.312. The molecule has 5 heteroatoms. The highest BCUT2D eigenvalue weighted by Gasteiger charge is 2.12. The molecule has 3 N–H and O–H groups in total. The Morgan fingerprint density at radius 3 is 2.81 bits per heavy atom. The number of rotatable bonds is 2. The van der Waals surface area contributed by atoms with E-state index in [0.717, 1.165) is 10.9 Å². The van der Waals surface area contributed by atoms with Gasteiger partial charge in [0.1, 0.15) is 0 Å². The molecule has 0 unspecified atom stereocenters. The normalized spacial score (nSPS) is 10.5. The van der Waals surface area contributed by atoms with Gasteiger partial charge in [-0.1, -0.05) is 29.8 Å². The molecule has 2 aromatic carbocycles. The van der Waals surface area contributed by atoms with Crippen molar-refractivity contribution in [2.24, 2.45) is 0 Å². The smallest absolute Gasteiger partial charge is 0.257 e. The van der Waals surface area contributed by atoms with Crippen LogP contribution in [-0.2, 0) is 0 Å². The molecule has 3 rings (SSSR count). The summed E-state index contributed by atoms with van der Waals surface area (Å²) < 4.78 is 0. The van der Waals surface area contributed by atoms with Gasteiger partial charge in [-0.05, 0) is 30.3 Å². The van der Waals surface area contributed by atoms with Crippen LogP contribution in [0.25, 0.3) is 10.9 Å². The van der Waals surface area contributed by atoms with Crippen molar-refractivity contribution < 1.29 is 4.79 Å². The highest BCUT2D eigenvalue weighted by Crippen LogP contribution is 2.23. The first-order chi connectivity index (χ1) is 10.1. The number of fused-ring (bicyclic) bond motifs is 1. The lowest BCUT2D eigenvalue weighted by molar-refractivity contribution is 0.102. The van der Waals surface area contributed by atoms with Crippen LogP contribution >= 0.6 is 11.6 Å². The van der Waals surface area contributed by atoms with E-state index < -0.39 is 0 Å². The number of carbonyl (C=O) groups excluding carboxylic acids is 1. The summed E-state index contributed by atoms with van der Waals surface area (Å²) in [6.07, 6.45) is 1.69. The molecule has 0 atom stereocenters. The van der Waals surface area contributed by atoms with Crippen molar-refractivity contribution in [1.82, 2.24) is 4.98 Å². The largest absolute Gasteiger partial charge is 0.398 e. The minimum atomic E-state index is -0.312. The molecule has 4 nitrogen and oxygen atoms in total. The second kappa shape index (κ2) is 5.42. The molecule has 0 radical (unpaired) electrons. The number of nitrogens with zero attached hydrogens (tertiary/aromatic N) is 1. The number of nitrogens with one attached hydrogen (secondary N) is 1. The second-order valence-electron chi connectivity index (χ2n) is 4.57. The second-order valence-corrected chi connectivity index (χ2v) is 5.00. The zero-order chi connectivity index (χ0) is 14.8. The molecule has 0 fully saturated rings. The average Bonchev–Trinajstić information content (AvgIpc) is 2.50. The molecule has 0 aliphatic carbocycles. The standard InChI is InChI=1S/C16H12ClN3O/c17-11-6-7-13(18)12(9-11)16(21)20-14-5-1-3-10-4-2-8-19-15(10)14/h1-9H,18H2,(H,20,21). The first kappa shape index (κ1) is 13.4. The van der Waals surface area contributed by atoms with Crippen LogP contribution in [0.2, 0.25) is 5.02 Å². The Morgan fingerprint density at radius 2 is 1.95 bits per heavy atom. The van der Waals surface area contributed by atoms with Gasteiger partial charge in [0.25, 0.3) is 5.91 Å². The van der Waals surface area contributed by atoms with Gasteiger partial charge in [-0.3, -0.25) is 9.78 Å². The molecular formula is C16H12ClN3O. The molecule has 0 saturated carbocycles. The minimum absolute atomic E-state index is 0.312. The lowest BCUT2D eigenvalue weighted by Gasteiger charge is -2.09. The number of aromatic nitrogens is 1. The molecular weight excluding hydrogens is 286 g/mol. The Labute approximate surface area is 126 Å². The number of anilines is 2. The van der Waals surface area contributed by atoms with Gasteiger partial charge in [0.05, 0.1) is 16.8 Å². The average molecular weight is 298 g/mol. The zero-order valence-corrected chi connectivity index (χ0v) is 11.8. The number of nitrogens with two attached hydrogens (primary N) is 1. The summed E-state index contributed by atoms with van der Waals surface area (Å²) in [6.45, 7) is 0. The lowest BCUT2D eigenvalue weighted by Crippen LogP contribution is -2.14. The van der Waals surface area contributed by atoms with Gasteiger partial charge in [-0.25, -0.2) is 0 Å². The van der Waals surface area contributed by atoms with Crippen molar-refractivity contribution in [1.29, 1.82) is 0 Å². The number of amides is 1. The maximum Gasteiger partial charge on any atom is 0.257 e. The number of carbonyl (C=O) groups is 1. The van der Waals surface area contributed by atoms with Crippen LogP contribution in [0.4, 0.5) is 11.4 Å². The predicted octanol–water partition coefficient (Wildman–Crippen LogP) is 3.72. The van der Waals surface area contributed by atoms with E-state index in [-0.39, 0.29) is 5.91 Å². The van der Waals surface area contributed by atoms with E-state index in [1.165, 1.54) is 0 Å². The molecule has 21 heavy (non-hydrogen) atoms. The van der Waals surface area contributed by atoms with Gasteiger partial charge in [-0.2, -0.15) is 0 Å². The number of hydrogen-bond donors (Lipinski definition) is 2. The molecule has 3 aromatic rings. The maximum atomic E-state index is 12.4. The first-order valence-corrected chi connectivity index (χ1v) is 6.73. The Morgan fingerprint density at radius 1 is 1.14 bits per heavy atom. The first-order valence-electron chi connectivity index (χ1n) is 6.35. The van der Waals surface area contributed by atoms with E-state index in [2.05, 4.69) is 10.3 Å². The molecule has 1 heterocycles. The third kappa shape index (κ3) is 2.66. The zero-order valence-electron chi connectivity index (χ0n) is 11.0. The molecule has 0 aliphatic rings. The quantitative estimate of drug-likeness (QED) is 0.708. The monoisotopic (exact) mass is 297 g/mol. The van der Waals surface area contributed by atoms with Gasteiger partial charge in [0, 0.05) is 22.3 Å². The number of benzene rings is 2. The third-order valence-electron chi connectivity index (χ3n) is 3.14. The van der Waals surface area contributed by atoms with Crippen molar-refractivity contribution in [3.63, 3.8) is 0 Å². The predicted molar refractivity (Wildman–Crippen MR) is 85.6 cm³/mol. The SMILES string of the molecule is Nc1ccc(Cl)cc1C(=O)Nc1cccc2cccnc12. The Balaban J connectivity index is 1.99. The highest BCUT2D eigenvalue weighted by molar-refractivity contribution is 6.31. The van der Waals surface area contributed by atoms with Gasteiger partial charge in [0.15, 0.2) is 0 Å². The molecule has 104 valence electrons. The summed E-state index contributed by atoms with van der Waals surface area (Å²) >= 11 is 5.91. The van der Waals surface area contributed by atoms with Crippen LogP contribution in [0, 0.1) is 0 Å². The molecule has 0 spiro atoms. The van der Waals surface area contributed by atoms with Crippen molar-refractivity contribution in [2.45, 2.75) is 0 Å². The van der Waals surface area contributed by atoms with Crippen LogP contribution in [0.3, 0.4) is 0 Å². The summed E-state index contributed by atoms with van der Waals surface area (Å²) in [7, 11) is 0. The van der Waals surface area contributed by atoms with Gasteiger partial charge >= 0.3 is 0 Å².